The molecule has 0 radical (unpaired) electrons. The van der Waals surface area contributed by atoms with Crippen molar-refractivity contribution in [3.8, 4) is 0 Å². The van der Waals surface area contributed by atoms with Crippen molar-refractivity contribution in [3.63, 3.8) is 0 Å². The van der Waals surface area contributed by atoms with Gasteiger partial charge in [-0.1, -0.05) is 18.2 Å². The van der Waals surface area contributed by atoms with Gasteiger partial charge in [0, 0.05) is 32.4 Å². The molecule has 0 spiro atoms. The SMILES string of the molecule is CC(OC(=O)c1cccnc1N)C(=O)N1CCN(S(=O)(=O)c2ccccc2)CC1. The molecule has 29 heavy (non-hydrogen) atoms. The lowest BCUT2D eigenvalue weighted by molar-refractivity contribution is -0.141. The number of ether oxygens (including phenoxy) is 1. The summed E-state index contributed by atoms with van der Waals surface area (Å²) in [4.78, 5) is 30.3. The van der Waals surface area contributed by atoms with E-state index in [-0.39, 0.29) is 42.5 Å². The molecule has 0 aliphatic carbocycles. The third-order valence-electron chi connectivity index (χ3n) is 4.62. The number of pyridine rings is 1. The van der Waals surface area contributed by atoms with Crippen LogP contribution in [0.3, 0.4) is 0 Å². The number of nitrogens with zero attached hydrogens (tertiary/aromatic N) is 3. The first-order valence-electron chi connectivity index (χ1n) is 9.06. The van der Waals surface area contributed by atoms with Crippen LogP contribution in [0.5, 0.6) is 0 Å². The lowest BCUT2D eigenvalue weighted by Crippen LogP contribution is -2.52. The molecule has 0 bridgehead atoms. The molecule has 10 heteroatoms. The van der Waals surface area contributed by atoms with E-state index < -0.39 is 28.0 Å². The van der Waals surface area contributed by atoms with E-state index in [4.69, 9.17) is 10.5 Å². The second kappa shape index (κ2) is 8.58. The quantitative estimate of drug-likeness (QED) is 0.711. The third-order valence-corrected chi connectivity index (χ3v) is 6.53. The molecule has 154 valence electrons. The maximum atomic E-state index is 12.7. The van der Waals surface area contributed by atoms with Crippen molar-refractivity contribution in [1.29, 1.82) is 0 Å². The number of hydrogen-bond donors (Lipinski definition) is 1. The summed E-state index contributed by atoms with van der Waals surface area (Å²) in [6, 6.07) is 11.2. The van der Waals surface area contributed by atoms with Gasteiger partial charge in [0.25, 0.3) is 5.91 Å². The third kappa shape index (κ3) is 4.54. The number of sulfonamides is 1. The molecule has 1 aromatic heterocycles. The second-order valence-corrected chi connectivity index (χ2v) is 8.46. The Labute approximate surface area is 169 Å². The number of benzene rings is 1. The van der Waals surface area contributed by atoms with Crippen LogP contribution in [0.1, 0.15) is 17.3 Å². The first-order valence-corrected chi connectivity index (χ1v) is 10.5. The Balaban J connectivity index is 1.58. The summed E-state index contributed by atoms with van der Waals surface area (Å²) in [6.07, 6.45) is 0.420. The van der Waals surface area contributed by atoms with Gasteiger partial charge in [0.1, 0.15) is 11.4 Å². The largest absolute Gasteiger partial charge is 0.449 e. The van der Waals surface area contributed by atoms with Gasteiger partial charge in [-0.15, -0.1) is 0 Å². The van der Waals surface area contributed by atoms with Gasteiger partial charge in [-0.2, -0.15) is 4.31 Å². The molecule has 2 aromatic rings. The van der Waals surface area contributed by atoms with Gasteiger partial charge in [-0.05, 0) is 31.2 Å². The number of esters is 1. The minimum absolute atomic E-state index is 0.0249. The van der Waals surface area contributed by atoms with E-state index in [2.05, 4.69) is 4.98 Å². The van der Waals surface area contributed by atoms with Crippen molar-refractivity contribution >= 4 is 27.7 Å². The Morgan fingerprint density at radius 2 is 1.72 bits per heavy atom. The fraction of sp³-hybridized carbons (Fsp3) is 0.316. The van der Waals surface area contributed by atoms with Crippen LogP contribution in [0.15, 0.2) is 53.6 Å². The molecule has 2 heterocycles. The fourth-order valence-electron chi connectivity index (χ4n) is 3.01. The number of anilines is 1. The molecule has 0 saturated carbocycles. The number of hydrogen-bond acceptors (Lipinski definition) is 7. The average molecular weight is 418 g/mol. The van der Waals surface area contributed by atoms with E-state index >= 15 is 0 Å². The van der Waals surface area contributed by atoms with Gasteiger partial charge in [0.15, 0.2) is 6.10 Å². The molecule has 1 unspecified atom stereocenters. The van der Waals surface area contributed by atoms with E-state index in [0.29, 0.717) is 0 Å². The molecular formula is C19H22N4O5S. The number of nitrogen functional groups attached to an aromatic ring is 1. The van der Waals surface area contributed by atoms with Gasteiger partial charge in [-0.25, -0.2) is 18.2 Å². The highest BCUT2D eigenvalue weighted by Gasteiger charge is 2.32. The zero-order chi connectivity index (χ0) is 21.0. The minimum atomic E-state index is -3.60. The van der Waals surface area contributed by atoms with Crippen molar-refractivity contribution in [1.82, 2.24) is 14.2 Å². The van der Waals surface area contributed by atoms with E-state index in [9.17, 15) is 18.0 Å². The van der Waals surface area contributed by atoms with Gasteiger partial charge in [0.05, 0.1) is 4.90 Å². The van der Waals surface area contributed by atoms with Crippen molar-refractivity contribution in [2.24, 2.45) is 0 Å². The smallest absolute Gasteiger partial charge is 0.342 e. The zero-order valence-electron chi connectivity index (χ0n) is 15.9. The van der Waals surface area contributed by atoms with Crippen molar-refractivity contribution in [3.05, 3.63) is 54.2 Å². The summed E-state index contributed by atoms with van der Waals surface area (Å²) in [7, 11) is -3.60. The first-order chi connectivity index (χ1) is 13.8. The van der Waals surface area contributed by atoms with Crippen LogP contribution in [0.2, 0.25) is 0 Å². The molecule has 1 atom stereocenters. The molecule has 1 amide bonds. The van der Waals surface area contributed by atoms with Crippen LogP contribution in [0.4, 0.5) is 5.82 Å². The van der Waals surface area contributed by atoms with Crippen LogP contribution >= 0.6 is 0 Å². The number of amides is 1. The topological polar surface area (TPSA) is 123 Å². The van der Waals surface area contributed by atoms with E-state index in [1.54, 1.807) is 36.4 Å². The Morgan fingerprint density at radius 1 is 1.07 bits per heavy atom. The van der Waals surface area contributed by atoms with Crippen LogP contribution in [0, 0.1) is 0 Å². The Morgan fingerprint density at radius 3 is 2.34 bits per heavy atom. The first kappa shape index (κ1) is 20.7. The minimum Gasteiger partial charge on any atom is -0.449 e. The van der Waals surface area contributed by atoms with Gasteiger partial charge >= 0.3 is 5.97 Å². The van der Waals surface area contributed by atoms with Gasteiger partial charge < -0.3 is 15.4 Å². The predicted octanol–water partition coefficient (Wildman–Crippen LogP) is 0.742. The van der Waals surface area contributed by atoms with Crippen LogP contribution in [0.25, 0.3) is 0 Å². The summed E-state index contributed by atoms with van der Waals surface area (Å²) < 4.78 is 31.9. The van der Waals surface area contributed by atoms with Crippen LogP contribution < -0.4 is 5.73 Å². The Hall–Kier alpha value is -2.98. The molecule has 3 rings (SSSR count). The van der Waals surface area contributed by atoms with Crippen molar-refractivity contribution in [2.75, 3.05) is 31.9 Å². The van der Waals surface area contributed by atoms with Gasteiger partial charge in [-0.3, -0.25) is 4.79 Å². The lowest BCUT2D eigenvalue weighted by Gasteiger charge is -2.35. The summed E-state index contributed by atoms with van der Waals surface area (Å²) in [6.45, 7) is 2.22. The highest BCUT2D eigenvalue weighted by atomic mass is 32.2. The summed E-state index contributed by atoms with van der Waals surface area (Å²) in [5, 5.41) is 0. The predicted molar refractivity (Wildman–Crippen MR) is 105 cm³/mol. The summed E-state index contributed by atoms with van der Waals surface area (Å²) in [5.74, 6) is -1.10. The second-order valence-electron chi connectivity index (χ2n) is 6.53. The van der Waals surface area contributed by atoms with Crippen LogP contribution in [-0.2, 0) is 19.6 Å². The van der Waals surface area contributed by atoms with Crippen molar-refractivity contribution in [2.45, 2.75) is 17.9 Å². The standard InChI is InChI=1S/C19H22N4O5S/c1-14(28-19(25)16-8-5-9-21-17(16)20)18(24)22-10-12-23(13-11-22)29(26,27)15-6-3-2-4-7-15/h2-9,14H,10-13H2,1H3,(H2,20,21). The highest BCUT2D eigenvalue weighted by Crippen LogP contribution is 2.18. The van der Waals surface area contributed by atoms with Gasteiger partial charge in [0.2, 0.25) is 10.0 Å². The summed E-state index contributed by atoms with van der Waals surface area (Å²) in [5.41, 5.74) is 5.74. The summed E-state index contributed by atoms with van der Waals surface area (Å²) >= 11 is 0. The molecule has 1 aliphatic rings. The van der Waals surface area contributed by atoms with E-state index in [1.807, 2.05) is 0 Å². The zero-order valence-corrected chi connectivity index (χ0v) is 16.7. The maximum absolute atomic E-state index is 12.7. The number of aromatic nitrogens is 1. The molecule has 1 aliphatic heterocycles. The fourth-order valence-corrected chi connectivity index (χ4v) is 4.46. The molecule has 1 aromatic carbocycles. The highest BCUT2D eigenvalue weighted by molar-refractivity contribution is 7.89. The Bertz CT molecular complexity index is 989. The molecule has 1 fully saturated rings. The molecular weight excluding hydrogens is 396 g/mol. The van der Waals surface area contributed by atoms with E-state index in [1.165, 1.54) is 28.4 Å². The number of carbonyl (C=O) groups is 2. The molecule has 9 nitrogen and oxygen atoms in total. The maximum Gasteiger partial charge on any atom is 0.342 e. The Kier molecular flexibility index (Phi) is 6.14. The molecule has 2 N–H and O–H groups in total. The van der Waals surface area contributed by atoms with E-state index in [0.717, 1.165) is 0 Å². The number of rotatable bonds is 5. The number of piperazine rings is 1. The molecule has 1 saturated heterocycles. The van der Waals surface area contributed by atoms with Crippen molar-refractivity contribution < 1.29 is 22.7 Å². The number of nitrogens with two attached hydrogens (primary N) is 1. The lowest BCUT2D eigenvalue weighted by atomic mass is 10.2. The van der Waals surface area contributed by atoms with Crippen LogP contribution in [-0.4, -0.2) is 66.8 Å². The average Bonchev–Trinajstić information content (AvgIpc) is 2.74. The number of carbonyl (C=O) groups excluding carboxylic acids is 2. The monoisotopic (exact) mass is 418 g/mol. The normalized spacial score (nSPS) is 16.2.